The van der Waals surface area contributed by atoms with Gasteiger partial charge in [-0.05, 0) is 33.1 Å². The molecule has 0 spiro atoms. The van der Waals surface area contributed by atoms with E-state index in [1.54, 1.807) is 0 Å². The van der Waals surface area contributed by atoms with Gasteiger partial charge in [-0.1, -0.05) is 84.1 Å². The van der Waals surface area contributed by atoms with Crippen LogP contribution in [0.2, 0.25) is 0 Å². The van der Waals surface area contributed by atoms with E-state index in [4.69, 9.17) is 9.47 Å². The lowest BCUT2D eigenvalue weighted by molar-refractivity contribution is -0.143. The van der Waals surface area contributed by atoms with Crippen LogP contribution < -0.4 is 0 Å². The second-order valence-electron chi connectivity index (χ2n) is 7.03. The van der Waals surface area contributed by atoms with Crippen molar-refractivity contribution in [3.63, 3.8) is 0 Å². The molecule has 0 aromatic carbocycles. The van der Waals surface area contributed by atoms with E-state index in [9.17, 15) is 9.59 Å². The molecule has 0 radical (unpaired) electrons. The Hall–Kier alpha value is -1.32. The summed E-state index contributed by atoms with van der Waals surface area (Å²) < 4.78 is 9.61. The van der Waals surface area contributed by atoms with Gasteiger partial charge in [-0.25, -0.2) is 4.79 Å². The summed E-state index contributed by atoms with van der Waals surface area (Å²) in [6.07, 6.45) is 20.1. The number of ether oxygens (including phenoxy) is 2. The number of carbonyl (C=O) groups excluding carboxylic acids is 2. The Kier molecular flexibility index (Phi) is 26.5. The van der Waals surface area contributed by atoms with Gasteiger partial charge in [0.15, 0.2) is 0 Å². The molecule has 4 nitrogen and oxygen atoms in total. The normalized spacial score (nSPS) is 10.4. The summed E-state index contributed by atoms with van der Waals surface area (Å²) in [5.41, 5.74) is 0. The summed E-state index contributed by atoms with van der Waals surface area (Å²) >= 11 is 0. The van der Waals surface area contributed by atoms with E-state index >= 15 is 0 Å². The second kappa shape index (κ2) is 25.7. The SMILES string of the molecule is CCCCCCC/C=C/C(=O)OCC.CCCCCCCCCC(=O)OCC. The minimum Gasteiger partial charge on any atom is -0.466 e. The molecule has 0 unspecified atom stereocenters. The van der Waals surface area contributed by atoms with Crippen LogP contribution in [-0.4, -0.2) is 25.2 Å². The average Bonchev–Trinajstić information content (AvgIpc) is 2.67. The molecule has 0 aromatic rings. The van der Waals surface area contributed by atoms with Gasteiger partial charge in [0, 0.05) is 12.5 Å². The van der Waals surface area contributed by atoms with Crippen LogP contribution in [0.5, 0.6) is 0 Å². The van der Waals surface area contributed by atoms with Gasteiger partial charge in [0.05, 0.1) is 13.2 Å². The molecule has 0 saturated heterocycles. The van der Waals surface area contributed by atoms with Crippen LogP contribution in [0.1, 0.15) is 118 Å². The van der Waals surface area contributed by atoms with E-state index in [1.165, 1.54) is 76.7 Å². The summed E-state index contributed by atoms with van der Waals surface area (Å²) in [7, 11) is 0. The zero-order valence-electron chi connectivity index (χ0n) is 19.1. The van der Waals surface area contributed by atoms with E-state index in [0.29, 0.717) is 19.6 Å². The highest BCUT2D eigenvalue weighted by Crippen LogP contribution is 2.08. The molecule has 4 heteroatoms. The molecule has 0 fully saturated rings. The molecule has 0 atom stereocenters. The van der Waals surface area contributed by atoms with Gasteiger partial charge in [0.25, 0.3) is 0 Å². The highest BCUT2D eigenvalue weighted by molar-refractivity contribution is 5.81. The van der Waals surface area contributed by atoms with Gasteiger partial charge in [0.2, 0.25) is 0 Å². The summed E-state index contributed by atoms with van der Waals surface area (Å²) in [5, 5.41) is 0. The highest BCUT2D eigenvalue weighted by atomic mass is 16.5. The van der Waals surface area contributed by atoms with Gasteiger partial charge < -0.3 is 9.47 Å². The first-order valence-corrected chi connectivity index (χ1v) is 11.6. The standard InChI is InChI=1S/C12H24O2.C12H22O2/c2*1-3-5-6-7-8-9-10-11-12(13)14-4-2/h3-11H2,1-2H3;10-11H,3-9H2,1-2H3/b;11-10+. The lowest BCUT2D eigenvalue weighted by Crippen LogP contribution is -2.03. The molecular weight excluding hydrogens is 352 g/mol. The molecule has 0 bridgehead atoms. The van der Waals surface area contributed by atoms with E-state index < -0.39 is 0 Å². The average molecular weight is 399 g/mol. The van der Waals surface area contributed by atoms with Crippen molar-refractivity contribution in [2.45, 2.75) is 118 Å². The third-order valence-electron chi connectivity index (χ3n) is 4.30. The maximum Gasteiger partial charge on any atom is 0.330 e. The zero-order valence-corrected chi connectivity index (χ0v) is 19.1. The summed E-state index contributed by atoms with van der Waals surface area (Å²) in [4.78, 5) is 21.8. The molecule has 0 N–H and O–H groups in total. The number of esters is 2. The molecule has 0 aromatic heterocycles. The molecule has 0 rings (SSSR count). The fourth-order valence-corrected chi connectivity index (χ4v) is 2.70. The van der Waals surface area contributed by atoms with E-state index in [0.717, 1.165) is 12.8 Å². The van der Waals surface area contributed by atoms with Crippen LogP contribution in [0.3, 0.4) is 0 Å². The first kappa shape index (κ1) is 28.9. The van der Waals surface area contributed by atoms with Crippen molar-refractivity contribution in [2.24, 2.45) is 0 Å². The minimum absolute atomic E-state index is 0.0407. The van der Waals surface area contributed by atoms with Crippen molar-refractivity contribution in [2.75, 3.05) is 13.2 Å². The summed E-state index contributed by atoms with van der Waals surface area (Å²) in [6.45, 7) is 9.07. The van der Waals surface area contributed by atoms with Crippen molar-refractivity contribution in [1.82, 2.24) is 0 Å². The number of unbranched alkanes of at least 4 members (excludes halogenated alkanes) is 11. The lowest BCUT2D eigenvalue weighted by Gasteiger charge is -2.01. The van der Waals surface area contributed by atoms with E-state index in [2.05, 4.69) is 13.8 Å². The van der Waals surface area contributed by atoms with Crippen LogP contribution in [0.15, 0.2) is 12.2 Å². The smallest absolute Gasteiger partial charge is 0.330 e. The fraction of sp³-hybridized carbons (Fsp3) is 0.833. The largest absolute Gasteiger partial charge is 0.466 e. The van der Waals surface area contributed by atoms with Gasteiger partial charge >= 0.3 is 11.9 Å². The molecule has 0 saturated carbocycles. The van der Waals surface area contributed by atoms with Crippen LogP contribution in [0.4, 0.5) is 0 Å². The molecule has 0 heterocycles. The van der Waals surface area contributed by atoms with Crippen molar-refractivity contribution in [3.8, 4) is 0 Å². The number of allylic oxidation sites excluding steroid dienone is 1. The van der Waals surface area contributed by atoms with Gasteiger partial charge in [-0.2, -0.15) is 0 Å². The van der Waals surface area contributed by atoms with Gasteiger partial charge in [-0.15, -0.1) is 0 Å². The molecule has 166 valence electrons. The molecule has 0 aliphatic heterocycles. The topological polar surface area (TPSA) is 52.6 Å². The second-order valence-corrected chi connectivity index (χ2v) is 7.03. The van der Waals surface area contributed by atoms with E-state index in [1.807, 2.05) is 19.9 Å². The predicted molar refractivity (Wildman–Crippen MR) is 118 cm³/mol. The number of rotatable bonds is 17. The third-order valence-corrected chi connectivity index (χ3v) is 4.30. The quantitative estimate of drug-likeness (QED) is 0.148. The van der Waals surface area contributed by atoms with Crippen molar-refractivity contribution in [3.05, 3.63) is 12.2 Å². The number of hydrogen-bond donors (Lipinski definition) is 0. The molecular formula is C24H46O4. The molecule has 28 heavy (non-hydrogen) atoms. The number of carbonyl (C=O) groups is 2. The monoisotopic (exact) mass is 398 g/mol. The zero-order chi connectivity index (χ0) is 21.3. The highest BCUT2D eigenvalue weighted by Gasteiger charge is 2.00. The maximum atomic E-state index is 11.0. The van der Waals surface area contributed by atoms with E-state index in [-0.39, 0.29) is 11.9 Å². The number of hydrogen-bond acceptors (Lipinski definition) is 4. The van der Waals surface area contributed by atoms with Gasteiger partial charge in [0.1, 0.15) is 0 Å². The van der Waals surface area contributed by atoms with Gasteiger partial charge in [-0.3, -0.25) is 4.79 Å². The third kappa shape index (κ3) is 26.9. The Labute approximate surface area is 174 Å². The fourth-order valence-electron chi connectivity index (χ4n) is 2.70. The Morgan fingerprint density at radius 2 is 1.14 bits per heavy atom. The van der Waals surface area contributed by atoms with Crippen LogP contribution in [-0.2, 0) is 19.1 Å². The maximum absolute atomic E-state index is 11.0. The van der Waals surface area contributed by atoms with Crippen molar-refractivity contribution in [1.29, 1.82) is 0 Å². The van der Waals surface area contributed by atoms with Crippen LogP contribution in [0, 0.1) is 0 Å². The predicted octanol–water partition coefficient (Wildman–Crippen LogP) is 7.16. The van der Waals surface area contributed by atoms with Crippen LogP contribution >= 0.6 is 0 Å². The lowest BCUT2D eigenvalue weighted by atomic mass is 10.1. The first-order valence-electron chi connectivity index (χ1n) is 11.6. The summed E-state index contributed by atoms with van der Waals surface area (Å²) in [5.74, 6) is -0.262. The van der Waals surface area contributed by atoms with Crippen molar-refractivity contribution < 1.29 is 19.1 Å². The summed E-state index contributed by atoms with van der Waals surface area (Å²) in [6, 6.07) is 0. The first-order chi connectivity index (χ1) is 13.6. The van der Waals surface area contributed by atoms with Crippen LogP contribution in [0.25, 0.3) is 0 Å². The van der Waals surface area contributed by atoms with Crippen molar-refractivity contribution >= 4 is 11.9 Å². The minimum atomic E-state index is -0.221. The molecule has 0 amide bonds. The molecule has 0 aliphatic carbocycles. The molecule has 0 aliphatic rings. The Morgan fingerprint density at radius 3 is 1.68 bits per heavy atom. The Bertz CT molecular complexity index is 364. The Morgan fingerprint density at radius 1 is 0.643 bits per heavy atom. The Balaban J connectivity index is 0.